The Balaban J connectivity index is 4.26. The molecule has 76 heavy (non-hydrogen) atoms. The van der Waals surface area contributed by atoms with Crippen LogP contribution in [-0.4, -0.2) is 37.2 Å². The van der Waals surface area contributed by atoms with Crippen molar-refractivity contribution in [3.8, 4) is 0 Å². The number of unbranched alkanes of at least 4 members (excludes halogenated alkanes) is 46. The van der Waals surface area contributed by atoms with Gasteiger partial charge in [0.15, 0.2) is 6.10 Å². The van der Waals surface area contributed by atoms with Crippen molar-refractivity contribution >= 4 is 17.9 Å². The van der Waals surface area contributed by atoms with Crippen LogP contribution in [0.4, 0.5) is 0 Å². The fourth-order valence-electron chi connectivity index (χ4n) is 10.2. The summed E-state index contributed by atoms with van der Waals surface area (Å²) in [5.74, 6) is -0.860. The van der Waals surface area contributed by atoms with Crippen LogP contribution in [0.15, 0.2) is 36.5 Å². The number of ether oxygens (including phenoxy) is 3. The summed E-state index contributed by atoms with van der Waals surface area (Å²) in [6.45, 7) is 6.67. The molecule has 0 aliphatic carbocycles. The number of allylic oxidation sites excluding steroid dienone is 6. The van der Waals surface area contributed by atoms with Gasteiger partial charge in [-0.05, 0) is 77.0 Å². The summed E-state index contributed by atoms with van der Waals surface area (Å²) in [5.41, 5.74) is 0. The van der Waals surface area contributed by atoms with Gasteiger partial charge in [0, 0.05) is 19.3 Å². The predicted octanol–water partition coefficient (Wildman–Crippen LogP) is 23.2. The normalized spacial score (nSPS) is 12.2. The van der Waals surface area contributed by atoms with Crippen molar-refractivity contribution < 1.29 is 28.6 Å². The van der Waals surface area contributed by atoms with Crippen LogP contribution in [0.25, 0.3) is 0 Å². The molecule has 0 radical (unpaired) electrons. The summed E-state index contributed by atoms with van der Waals surface area (Å²) in [4.78, 5) is 38.4. The van der Waals surface area contributed by atoms with E-state index < -0.39 is 6.10 Å². The summed E-state index contributed by atoms with van der Waals surface area (Å²) < 4.78 is 17.0. The summed E-state index contributed by atoms with van der Waals surface area (Å²) in [6.07, 6.45) is 80.2. The van der Waals surface area contributed by atoms with E-state index >= 15 is 0 Å². The molecule has 0 bridgehead atoms. The quantitative estimate of drug-likeness (QED) is 0.0261. The summed E-state index contributed by atoms with van der Waals surface area (Å²) in [5, 5.41) is 0. The Labute approximate surface area is 474 Å². The minimum Gasteiger partial charge on any atom is -0.462 e. The Bertz CT molecular complexity index is 1270. The Kier molecular flexibility index (Phi) is 63.1. The lowest BCUT2D eigenvalue weighted by molar-refractivity contribution is -0.167. The Hall–Kier alpha value is -2.37. The molecule has 0 aliphatic rings. The molecular weight excluding hydrogens is 937 g/mol. The molecule has 0 fully saturated rings. The van der Waals surface area contributed by atoms with Gasteiger partial charge in [0.05, 0.1) is 0 Å². The number of hydrogen-bond acceptors (Lipinski definition) is 6. The van der Waals surface area contributed by atoms with E-state index in [-0.39, 0.29) is 31.1 Å². The lowest BCUT2D eigenvalue weighted by Crippen LogP contribution is -2.30. The van der Waals surface area contributed by atoms with Gasteiger partial charge in [0.25, 0.3) is 0 Å². The van der Waals surface area contributed by atoms with Gasteiger partial charge in [0.2, 0.25) is 0 Å². The van der Waals surface area contributed by atoms with Gasteiger partial charge in [0.1, 0.15) is 13.2 Å². The van der Waals surface area contributed by atoms with Crippen molar-refractivity contribution in [1.29, 1.82) is 0 Å². The molecule has 6 nitrogen and oxygen atoms in total. The average molecular weight is 1070 g/mol. The number of esters is 3. The first-order valence-corrected chi connectivity index (χ1v) is 34.0. The highest BCUT2D eigenvalue weighted by atomic mass is 16.6. The molecule has 0 aromatic rings. The number of hydrogen-bond donors (Lipinski definition) is 0. The SMILES string of the molecule is CCCCCC/C=C\CCCCCCCC(=O)OCC(COC(=O)CCCCCCCCCCCCCCCCCCCCCCCCCC)OC(=O)CCCCCCCCCCC/C=C\C/C=C\CCCCCCC. The lowest BCUT2D eigenvalue weighted by Gasteiger charge is -2.18. The maximum Gasteiger partial charge on any atom is 0.306 e. The number of rotatable bonds is 63. The second-order valence-electron chi connectivity index (χ2n) is 23.1. The fourth-order valence-corrected chi connectivity index (χ4v) is 10.2. The third-order valence-corrected chi connectivity index (χ3v) is 15.4. The minimum absolute atomic E-state index is 0.0720. The molecule has 6 heteroatoms. The van der Waals surface area contributed by atoms with Crippen molar-refractivity contribution in [3.63, 3.8) is 0 Å². The predicted molar refractivity (Wildman–Crippen MR) is 330 cm³/mol. The maximum atomic E-state index is 12.9. The van der Waals surface area contributed by atoms with Crippen molar-refractivity contribution in [1.82, 2.24) is 0 Å². The Morgan fingerprint density at radius 3 is 0.750 bits per heavy atom. The molecule has 0 aromatic carbocycles. The van der Waals surface area contributed by atoms with Gasteiger partial charge < -0.3 is 14.2 Å². The van der Waals surface area contributed by atoms with Crippen LogP contribution < -0.4 is 0 Å². The highest BCUT2D eigenvalue weighted by molar-refractivity contribution is 5.71. The zero-order valence-corrected chi connectivity index (χ0v) is 51.3. The highest BCUT2D eigenvalue weighted by Gasteiger charge is 2.19. The molecule has 0 spiro atoms. The molecule has 0 heterocycles. The first-order valence-electron chi connectivity index (χ1n) is 34.0. The van der Waals surface area contributed by atoms with Crippen LogP contribution in [0, 0.1) is 0 Å². The third-order valence-electron chi connectivity index (χ3n) is 15.4. The Morgan fingerprint density at radius 1 is 0.263 bits per heavy atom. The van der Waals surface area contributed by atoms with Crippen molar-refractivity contribution in [3.05, 3.63) is 36.5 Å². The zero-order valence-electron chi connectivity index (χ0n) is 51.3. The average Bonchev–Trinajstić information content (AvgIpc) is 3.42. The molecule has 0 saturated carbocycles. The maximum absolute atomic E-state index is 12.9. The molecule has 0 saturated heterocycles. The number of carbonyl (C=O) groups is 3. The van der Waals surface area contributed by atoms with Crippen molar-refractivity contribution in [2.75, 3.05) is 13.2 Å². The monoisotopic (exact) mass is 1070 g/mol. The smallest absolute Gasteiger partial charge is 0.306 e. The van der Waals surface area contributed by atoms with Crippen LogP contribution in [-0.2, 0) is 28.6 Å². The van der Waals surface area contributed by atoms with Gasteiger partial charge in [-0.25, -0.2) is 0 Å². The van der Waals surface area contributed by atoms with E-state index in [9.17, 15) is 14.4 Å². The van der Waals surface area contributed by atoms with Crippen LogP contribution in [0.1, 0.15) is 374 Å². The van der Waals surface area contributed by atoms with E-state index in [0.717, 1.165) is 70.6 Å². The molecule has 0 rings (SSSR count). The zero-order chi connectivity index (χ0) is 55.0. The van der Waals surface area contributed by atoms with Crippen LogP contribution in [0.5, 0.6) is 0 Å². The molecule has 0 aromatic heterocycles. The van der Waals surface area contributed by atoms with Gasteiger partial charge in [-0.3, -0.25) is 14.4 Å². The second-order valence-corrected chi connectivity index (χ2v) is 23.1. The third kappa shape index (κ3) is 62.5. The summed E-state index contributed by atoms with van der Waals surface area (Å²) >= 11 is 0. The second kappa shape index (κ2) is 65.2. The Morgan fingerprint density at radius 2 is 0.474 bits per heavy atom. The molecule has 1 unspecified atom stereocenters. The molecule has 0 aliphatic heterocycles. The summed E-state index contributed by atoms with van der Waals surface area (Å²) in [7, 11) is 0. The molecule has 1 atom stereocenters. The molecule has 0 amide bonds. The van der Waals surface area contributed by atoms with E-state index in [0.29, 0.717) is 19.3 Å². The van der Waals surface area contributed by atoms with Crippen molar-refractivity contribution in [2.45, 2.75) is 380 Å². The fraction of sp³-hybridized carbons (Fsp3) is 0.871. The molecule has 0 N–H and O–H groups in total. The first-order chi connectivity index (χ1) is 37.5. The molecule has 446 valence electrons. The van der Waals surface area contributed by atoms with E-state index in [2.05, 4.69) is 57.2 Å². The van der Waals surface area contributed by atoms with Crippen molar-refractivity contribution in [2.24, 2.45) is 0 Å². The van der Waals surface area contributed by atoms with Gasteiger partial charge in [-0.1, -0.05) is 314 Å². The summed E-state index contributed by atoms with van der Waals surface area (Å²) in [6, 6.07) is 0. The van der Waals surface area contributed by atoms with E-state index in [4.69, 9.17) is 14.2 Å². The standard InChI is InChI=1S/C70H130O6/c1-4-7-10-13-16-19-22-25-27-29-31-33-34-35-37-38-40-42-45-48-51-54-57-60-63-69(72)75-66-67(65-74-68(71)62-59-56-53-50-47-44-24-21-18-15-12-9-6-3)76-70(73)64-61-58-55-52-49-46-43-41-39-36-32-30-28-26-23-20-17-14-11-8-5-2/h21,23-24,26,30,32,67H,4-20,22,25,27-29,31,33-66H2,1-3H3/b24-21-,26-23-,32-30-. The molecular formula is C70H130O6. The van der Waals surface area contributed by atoms with E-state index in [1.807, 2.05) is 0 Å². The van der Waals surface area contributed by atoms with Gasteiger partial charge in [-0.2, -0.15) is 0 Å². The van der Waals surface area contributed by atoms with Crippen LogP contribution in [0.2, 0.25) is 0 Å². The van der Waals surface area contributed by atoms with Crippen LogP contribution >= 0.6 is 0 Å². The lowest BCUT2D eigenvalue weighted by atomic mass is 10.0. The van der Waals surface area contributed by atoms with Crippen LogP contribution in [0.3, 0.4) is 0 Å². The first kappa shape index (κ1) is 73.6. The van der Waals surface area contributed by atoms with Gasteiger partial charge in [-0.15, -0.1) is 0 Å². The van der Waals surface area contributed by atoms with Gasteiger partial charge >= 0.3 is 17.9 Å². The largest absolute Gasteiger partial charge is 0.462 e. The minimum atomic E-state index is -0.776. The van der Waals surface area contributed by atoms with E-state index in [1.165, 1.54) is 263 Å². The number of carbonyl (C=O) groups excluding carboxylic acids is 3. The topological polar surface area (TPSA) is 78.9 Å². The van der Waals surface area contributed by atoms with E-state index in [1.54, 1.807) is 0 Å². The highest BCUT2D eigenvalue weighted by Crippen LogP contribution is 2.18.